The van der Waals surface area contributed by atoms with E-state index >= 15 is 0 Å². The van der Waals surface area contributed by atoms with E-state index in [4.69, 9.17) is 4.74 Å². The average molecular weight is 173 g/mol. The molecule has 0 aromatic heterocycles. The predicted molar refractivity (Wildman–Crippen MR) is 48.5 cm³/mol. The van der Waals surface area contributed by atoms with Gasteiger partial charge in [-0.25, -0.2) is 0 Å². The van der Waals surface area contributed by atoms with Gasteiger partial charge in [-0.3, -0.25) is 0 Å². The van der Waals surface area contributed by atoms with Crippen molar-refractivity contribution in [1.82, 2.24) is 0 Å². The fourth-order valence-corrected chi connectivity index (χ4v) is 1.98. The van der Waals surface area contributed by atoms with Crippen LogP contribution in [0.2, 0.25) is 0 Å². The number of hydrogen-bond donors (Lipinski definition) is 0. The molecule has 72 valence electrons. The van der Waals surface area contributed by atoms with Crippen LogP contribution in [-0.4, -0.2) is 37.0 Å². The van der Waals surface area contributed by atoms with Gasteiger partial charge in [0.05, 0.1) is 20.2 Å². The maximum atomic E-state index is 11.6. The van der Waals surface area contributed by atoms with Gasteiger partial charge in [0.25, 0.3) is 0 Å². The Kier molecular flexibility index (Phi) is 2.76. The van der Waals surface area contributed by atoms with E-state index in [0.717, 1.165) is 12.8 Å². The molecule has 0 radical (unpaired) electrons. The van der Waals surface area contributed by atoms with Crippen molar-refractivity contribution in [2.45, 2.75) is 44.9 Å². The van der Waals surface area contributed by atoms with Crippen LogP contribution in [0.1, 0.15) is 26.7 Å². The Hall–Kier alpha value is -0.120. The molecular weight excluding hydrogens is 154 g/mol. The van der Waals surface area contributed by atoms with Crippen LogP contribution in [0.3, 0.4) is 0 Å². The van der Waals surface area contributed by atoms with Gasteiger partial charge in [-0.05, 0) is 20.3 Å². The quantitative estimate of drug-likeness (QED) is 0.445. The number of hydroxylamine groups is 3. The summed E-state index contributed by atoms with van der Waals surface area (Å²) in [5.41, 5.74) is 0. The highest BCUT2D eigenvalue weighted by Gasteiger charge is 2.33. The van der Waals surface area contributed by atoms with Crippen molar-refractivity contribution in [3.05, 3.63) is 5.21 Å². The Morgan fingerprint density at radius 1 is 1.25 bits per heavy atom. The maximum Gasteiger partial charge on any atom is 0.115 e. The summed E-state index contributed by atoms with van der Waals surface area (Å²) in [5, 5.41) is 11.6. The summed E-state index contributed by atoms with van der Waals surface area (Å²) in [7, 11) is 3.39. The highest BCUT2D eigenvalue weighted by atomic mass is 16.6. The van der Waals surface area contributed by atoms with E-state index < -0.39 is 0 Å². The zero-order chi connectivity index (χ0) is 9.35. The van der Waals surface area contributed by atoms with Crippen LogP contribution in [0.25, 0.3) is 0 Å². The maximum absolute atomic E-state index is 11.6. The molecule has 0 N–H and O–H groups in total. The number of nitrogens with zero attached hydrogens (tertiary/aromatic N) is 1. The van der Waals surface area contributed by atoms with Crippen molar-refractivity contribution in [2.75, 3.05) is 14.1 Å². The molecule has 0 aromatic carbocycles. The molecule has 1 heterocycles. The van der Waals surface area contributed by atoms with Crippen LogP contribution in [0.15, 0.2) is 0 Å². The summed E-state index contributed by atoms with van der Waals surface area (Å²) in [6.45, 7) is 4.07. The average Bonchev–Trinajstić information content (AvgIpc) is 1.83. The second-order valence-electron chi connectivity index (χ2n) is 4.23. The predicted octanol–water partition coefficient (Wildman–Crippen LogP) is 1.52. The van der Waals surface area contributed by atoms with Crippen LogP contribution in [0.5, 0.6) is 0 Å². The van der Waals surface area contributed by atoms with Gasteiger partial charge in [0.1, 0.15) is 12.1 Å². The van der Waals surface area contributed by atoms with Gasteiger partial charge in [-0.15, -0.1) is 0 Å². The van der Waals surface area contributed by atoms with Crippen molar-refractivity contribution in [3.8, 4) is 0 Å². The van der Waals surface area contributed by atoms with E-state index in [1.54, 1.807) is 14.1 Å². The number of rotatable bonds is 1. The third-order valence-corrected chi connectivity index (χ3v) is 2.66. The minimum Gasteiger partial charge on any atom is -0.633 e. The lowest BCUT2D eigenvalue weighted by atomic mass is 9.99. The topological polar surface area (TPSA) is 32.3 Å². The molecule has 0 amide bonds. The van der Waals surface area contributed by atoms with Crippen molar-refractivity contribution in [1.29, 1.82) is 0 Å². The molecule has 3 heteroatoms. The molecule has 0 aromatic rings. The number of quaternary nitrogens is 1. The Balaban J connectivity index is 2.57. The largest absolute Gasteiger partial charge is 0.633 e. The molecule has 0 saturated carbocycles. The van der Waals surface area contributed by atoms with Crippen molar-refractivity contribution in [3.63, 3.8) is 0 Å². The summed E-state index contributed by atoms with van der Waals surface area (Å²) in [6, 6.07) is 0.112. The van der Waals surface area contributed by atoms with Crippen LogP contribution in [0.4, 0.5) is 0 Å². The molecule has 1 aliphatic heterocycles. The first-order valence-corrected chi connectivity index (χ1v) is 4.61. The fraction of sp³-hybridized carbons (Fsp3) is 1.00. The fourth-order valence-electron chi connectivity index (χ4n) is 1.98. The molecule has 0 aliphatic carbocycles. The van der Waals surface area contributed by atoms with Crippen LogP contribution >= 0.6 is 0 Å². The summed E-state index contributed by atoms with van der Waals surface area (Å²) in [4.78, 5) is 0. The standard InChI is InChI=1S/C9H19NO2/c1-7-5-6-9(8(2)12-7)10(3,4)11/h7-9H,5-6H2,1-4H3/t7-,8+,9-/m0/s1. The molecule has 0 bridgehead atoms. The number of likely N-dealkylation sites (N-methyl/N-ethyl adjacent to an activating group) is 1. The monoisotopic (exact) mass is 173 g/mol. The van der Waals surface area contributed by atoms with Gasteiger partial charge in [-0.1, -0.05) is 0 Å². The lowest BCUT2D eigenvalue weighted by molar-refractivity contribution is -0.872. The third kappa shape index (κ3) is 2.19. The van der Waals surface area contributed by atoms with Gasteiger partial charge >= 0.3 is 0 Å². The Labute approximate surface area is 74.5 Å². The van der Waals surface area contributed by atoms with E-state index in [1.807, 2.05) is 6.92 Å². The second kappa shape index (κ2) is 3.32. The molecule has 1 saturated heterocycles. The smallest absolute Gasteiger partial charge is 0.115 e. The first-order valence-electron chi connectivity index (χ1n) is 4.61. The first kappa shape index (κ1) is 9.96. The van der Waals surface area contributed by atoms with Crippen LogP contribution in [0, 0.1) is 5.21 Å². The van der Waals surface area contributed by atoms with Gasteiger partial charge in [-0.2, -0.15) is 0 Å². The van der Waals surface area contributed by atoms with Gasteiger partial charge in [0.15, 0.2) is 0 Å². The van der Waals surface area contributed by atoms with E-state index in [2.05, 4.69) is 6.92 Å². The molecule has 1 aliphatic rings. The molecule has 0 spiro atoms. The van der Waals surface area contributed by atoms with Crippen molar-refractivity contribution < 1.29 is 9.38 Å². The lowest BCUT2D eigenvalue weighted by Crippen LogP contribution is -2.53. The molecule has 12 heavy (non-hydrogen) atoms. The van der Waals surface area contributed by atoms with E-state index in [9.17, 15) is 5.21 Å². The second-order valence-corrected chi connectivity index (χ2v) is 4.23. The van der Waals surface area contributed by atoms with Gasteiger partial charge < -0.3 is 14.6 Å². The zero-order valence-electron chi connectivity index (χ0n) is 8.41. The van der Waals surface area contributed by atoms with E-state index in [-0.39, 0.29) is 16.8 Å². The minimum absolute atomic E-state index is 0.0984. The molecule has 0 unspecified atom stereocenters. The molecular formula is C9H19NO2. The summed E-state index contributed by atoms with van der Waals surface area (Å²) in [5.74, 6) is 0. The third-order valence-electron chi connectivity index (χ3n) is 2.66. The summed E-state index contributed by atoms with van der Waals surface area (Å²) < 4.78 is 5.38. The SMILES string of the molecule is C[C@H]1CC[C@H]([N+](C)(C)[O-])[C@@H](C)O1. The first-order chi connectivity index (χ1) is 5.41. The Morgan fingerprint density at radius 3 is 2.25 bits per heavy atom. The van der Waals surface area contributed by atoms with E-state index in [0.29, 0.717) is 6.10 Å². The van der Waals surface area contributed by atoms with Gasteiger partial charge in [0.2, 0.25) is 0 Å². The van der Waals surface area contributed by atoms with Crippen molar-refractivity contribution in [2.24, 2.45) is 0 Å². The molecule has 3 nitrogen and oxygen atoms in total. The molecule has 3 atom stereocenters. The van der Waals surface area contributed by atoms with Gasteiger partial charge in [0, 0.05) is 6.42 Å². The lowest BCUT2D eigenvalue weighted by Gasteiger charge is -2.47. The van der Waals surface area contributed by atoms with Crippen LogP contribution in [-0.2, 0) is 4.74 Å². The number of hydrogen-bond acceptors (Lipinski definition) is 2. The Bertz CT molecular complexity index is 153. The summed E-state index contributed by atoms with van der Waals surface area (Å²) >= 11 is 0. The normalized spacial score (nSPS) is 38.2. The van der Waals surface area contributed by atoms with E-state index in [1.165, 1.54) is 0 Å². The summed E-state index contributed by atoms with van der Waals surface area (Å²) in [6.07, 6.45) is 2.42. The highest BCUT2D eigenvalue weighted by Crippen LogP contribution is 2.25. The van der Waals surface area contributed by atoms with Crippen molar-refractivity contribution >= 4 is 0 Å². The van der Waals surface area contributed by atoms with Crippen LogP contribution < -0.4 is 0 Å². The zero-order valence-corrected chi connectivity index (χ0v) is 8.41. The molecule has 1 rings (SSSR count). The molecule has 1 fully saturated rings. The number of ether oxygens (including phenoxy) is 1. The highest BCUT2D eigenvalue weighted by molar-refractivity contribution is 4.75. The minimum atomic E-state index is -0.228. The Morgan fingerprint density at radius 2 is 1.83 bits per heavy atom.